The Morgan fingerprint density at radius 3 is 2.50 bits per heavy atom. The van der Waals surface area contributed by atoms with E-state index >= 15 is 0 Å². The molecule has 0 heterocycles. The van der Waals surface area contributed by atoms with E-state index in [1.54, 1.807) is 13.8 Å². The van der Waals surface area contributed by atoms with Gasteiger partial charge in [0.15, 0.2) is 6.10 Å². The number of rotatable bonds is 6. The molecular weight excluding hydrogens is 280 g/mol. The van der Waals surface area contributed by atoms with E-state index < -0.39 is 29.0 Å². The third-order valence-electron chi connectivity index (χ3n) is 1.54. The maximum Gasteiger partial charge on any atom is 0.330 e. The molecular formula is C10H15BrO5. The standard InChI is InChI=1S/C10H15BrO5/c1-4-8(13)16-7(5-12)6-15-9(14)10(2,3)11/h4,7,12H,1,5-6H2,2-3H3. The normalized spacial score (nSPS) is 12.8. The van der Waals surface area contributed by atoms with Crippen LogP contribution >= 0.6 is 15.9 Å². The van der Waals surface area contributed by atoms with E-state index in [1.807, 2.05) is 0 Å². The highest BCUT2D eigenvalue weighted by molar-refractivity contribution is 9.10. The van der Waals surface area contributed by atoms with Crippen LogP contribution in [-0.2, 0) is 19.1 Å². The fourth-order valence-corrected chi connectivity index (χ4v) is 0.791. The van der Waals surface area contributed by atoms with Crippen LogP contribution in [0.1, 0.15) is 13.8 Å². The Morgan fingerprint density at radius 2 is 2.12 bits per heavy atom. The Kier molecular flexibility index (Phi) is 6.28. The van der Waals surface area contributed by atoms with E-state index in [0.29, 0.717) is 0 Å². The van der Waals surface area contributed by atoms with Gasteiger partial charge < -0.3 is 14.6 Å². The predicted octanol–water partition coefficient (Wildman–Crippen LogP) is 0.793. The van der Waals surface area contributed by atoms with Crippen LogP contribution in [0.25, 0.3) is 0 Å². The van der Waals surface area contributed by atoms with Gasteiger partial charge in [0.25, 0.3) is 0 Å². The first kappa shape index (κ1) is 15.1. The second kappa shape index (κ2) is 6.65. The molecule has 1 unspecified atom stereocenters. The molecule has 0 aliphatic heterocycles. The molecule has 0 saturated heterocycles. The number of aliphatic hydroxyl groups excluding tert-OH is 1. The summed E-state index contributed by atoms with van der Waals surface area (Å²) in [5, 5.41) is 8.87. The summed E-state index contributed by atoms with van der Waals surface area (Å²) in [7, 11) is 0. The fraction of sp³-hybridized carbons (Fsp3) is 0.600. The predicted molar refractivity (Wildman–Crippen MR) is 61.1 cm³/mol. The van der Waals surface area contributed by atoms with Crippen LogP contribution in [0.5, 0.6) is 0 Å². The summed E-state index contributed by atoms with van der Waals surface area (Å²) in [5.41, 5.74) is 0. The van der Waals surface area contributed by atoms with Crippen molar-refractivity contribution < 1.29 is 24.2 Å². The molecule has 0 aromatic rings. The lowest BCUT2D eigenvalue weighted by atomic mass is 10.2. The molecule has 0 spiro atoms. The first-order valence-corrected chi connectivity index (χ1v) is 5.40. The van der Waals surface area contributed by atoms with E-state index in [2.05, 4.69) is 22.5 Å². The number of carbonyl (C=O) groups is 2. The van der Waals surface area contributed by atoms with Crippen molar-refractivity contribution in [2.24, 2.45) is 0 Å². The monoisotopic (exact) mass is 294 g/mol. The molecule has 0 radical (unpaired) electrons. The molecule has 0 aromatic heterocycles. The smallest absolute Gasteiger partial charge is 0.330 e. The highest BCUT2D eigenvalue weighted by atomic mass is 79.9. The molecule has 0 aliphatic carbocycles. The van der Waals surface area contributed by atoms with Gasteiger partial charge in [-0.05, 0) is 13.8 Å². The van der Waals surface area contributed by atoms with Crippen molar-refractivity contribution in [3.8, 4) is 0 Å². The average Bonchev–Trinajstić information content (AvgIpc) is 2.21. The van der Waals surface area contributed by atoms with Gasteiger partial charge in [0.2, 0.25) is 0 Å². The minimum absolute atomic E-state index is 0.191. The topological polar surface area (TPSA) is 72.8 Å². The van der Waals surface area contributed by atoms with Gasteiger partial charge in [-0.1, -0.05) is 22.5 Å². The van der Waals surface area contributed by atoms with Crippen molar-refractivity contribution in [2.45, 2.75) is 24.3 Å². The molecule has 0 aliphatic rings. The van der Waals surface area contributed by atoms with Crippen molar-refractivity contribution in [3.63, 3.8) is 0 Å². The summed E-state index contributed by atoms with van der Waals surface area (Å²) in [4.78, 5) is 22.2. The molecule has 0 amide bonds. The van der Waals surface area contributed by atoms with Gasteiger partial charge in [-0.3, -0.25) is 4.79 Å². The van der Waals surface area contributed by atoms with E-state index in [1.165, 1.54) is 0 Å². The first-order valence-electron chi connectivity index (χ1n) is 4.61. The van der Waals surface area contributed by atoms with Crippen molar-refractivity contribution in [2.75, 3.05) is 13.2 Å². The van der Waals surface area contributed by atoms with Crippen LogP contribution in [0, 0.1) is 0 Å². The van der Waals surface area contributed by atoms with E-state index in [0.717, 1.165) is 6.08 Å². The zero-order chi connectivity index (χ0) is 12.8. The Balaban J connectivity index is 4.11. The molecule has 92 valence electrons. The van der Waals surface area contributed by atoms with Gasteiger partial charge in [-0.2, -0.15) is 0 Å². The summed E-state index contributed by atoms with van der Waals surface area (Å²) >= 11 is 3.12. The van der Waals surface area contributed by atoms with Gasteiger partial charge in [-0.25, -0.2) is 4.79 Å². The highest BCUT2D eigenvalue weighted by Gasteiger charge is 2.26. The number of hydrogen-bond donors (Lipinski definition) is 1. The number of alkyl halides is 1. The van der Waals surface area contributed by atoms with E-state index in [-0.39, 0.29) is 6.61 Å². The number of ether oxygens (including phenoxy) is 2. The van der Waals surface area contributed by atoms with Crippen LogP contribution in [0.15, 0.2) is 12.7 Å². The maximum atomic E-state index is 11.3. The molecule has 0 bridgehead atoms. The van der Waals surface area contributed by atoms with Crippen molar-refractivity contribution >= 4 is 27.9 Å². The van der Waals surface area contributed by atoms with Gasteiger partial charge >= 0.3 is 11.9 Å². The SMILES string of the molecule is C=CC(=O)OC(CO)COC(=O)C(C)(C)Br. The summed E-state index contributed by atoms with van der Waals surface area (Å²) in [5.74, 6) is -1.17. The Morgan fingerprint density at radius 1 is 1.56 bits per heavy atom. The quantitative estimate of drug-likeness (QED) is 0.445. The largest absolute Gasteiger partial charge is 0.461 e. The zero-order valence-electron chi connectivity index (χ0n) is 9.23. The van der Waals surface area contributed by atoms with Crippen LogP contribution in [0.2, 0.25) is 0 Å². The van der Waals surface area contributed by atoms with Gasteiger partial charge in [-0.15, -0.1) is 0 Å². The second-order valence-corrected chi connectivity index (χ2v) is 5.50. The number of halogens is 1. The molecule has 0 fully saturated rings. The van der Waals surface area contributed by atoms with E-state index in [9.17, 15) is 9.59 Å². The molecule has 1 atom stereocenters. The van der Waals surface area contributed by atoms with Crippen molar-refractivity contribution in [1.29, 1.82) is 0 Å². The molecule has 0 saturated carbocycles. The lowest BCUT2D eigenvalue weighted by molar-refractivity contribution is -0.158. The number of hydrogen-bond acceptors (Lipinski definition) is 5. The van der Waals surface area contributed by atoms with Gasteiger partial charge in [0, 0.05) is 6.08 Å². The lowest BCUT2D eigenvalue weighted by Crippen LogP contribution is -2.33. The summed E-state index contributed by atoms with van der Waals surface area (Å²) in [6.07, 6.45) is 0.100. The van der Waals surface area contributed by atoms with Crippen molar-refractivity contribution in [3.05, 3.63) is 12.7 Å². The summed E-state index contributed by atoms with van der Waals surface area (Å²) in [6.45, 7) is 5.85. The Hall–Kier alpha value is -0.880. The number of aliphatic hydroxyl groups is 1. The molecule has 6 heteroatoms. The van der Waals surface area contributed by atoms with Gasteiger partial charge in [0.1, 0.15) is 10.9 Å². The lowest BCUT2D eigenvalue weighted by Gasteiger charge is -2.18. The maximum absolute atomic E-state index is 11.3. The third kappa shape index (κ3) is 5.87. The molecule has 0 rings (SSSR count). The van der Waals surface area contributed by atoms with Crippen molar-refractivity contribution in [1.82, 2.24) is 0 Å². The minimum Gasteiger partial charge on any atom is -0.461 e. The molecule has 5 nitrogen and oxygen atoms in total. The molecule has 1 N–H and O–H groups in total. The highest BCUT2D eigenvalue weighted by Crippen LogP contribution is 2.17. The summed E-state index contributed by atoms with van der Waals surface area (Å²) < 4.78 is 8.75. The first-order chi connectivity index (χ1) is 7.31. The number of carbonyl (C=O) groups excluding carboxylic acids is 2. The van der Waals surface area contributed by atoms with Crippen LogP contribution < -0.4 is 0 Å². The molecule has 16 heavy (non-hydrogen) atoms. The Bertz CT molecular complexity index is 269. The van der Waals surface area contributed by atoms with Crippen LogP contribution in [-0.4, -0.2) is 40.7 Å². The van der Waals surface area contributed by atoms with Gasteiger partial charge in [0.05, 0.1) is 6.61 Å². The Labute approximate surface area is 103 Å². The van der Waals surface area contributed by atoms with Crippen LogP contribution in [0.3, 0.4) is 0 Å². The third-order valence-corrected chi connectivity index (χ3v) is 1.86. The average molecular weight is 295 g/mol. The second-order valence-electron chi connectivity index (χ2n) is 3.52. The fourth-order valence-electron chi connectivity index (χ4n) is 0.677. The summed E-state index contributed by atoms with van der Waals surface area (Å²) in [6, 6.07) is 0. The minimum atomic E-state index is -0.871. The zero-order valence-corrected chi connectivity index (χ0v) is 10.8. The van der Waals surface area contributed by atoms with E-state index in [4.69, 9.17) is 14.6 Å². The van der Waals surface area contributed by atoms with Crippen LogP contribution in [0.4, 0.5) is 0 Å². The molecule has 0 aromatic carbocycles. The number of esters is 2.